The normalized spacial score (nSPS) is 11.7. The van der Waals surface area contributed by atoms with E-state index in [1.54, 1.807) is 6.92 Å². The predicted octanol–water partition coefficient (Wildman–Crippen LogP) is 1.63. The third-order valence-electron chi connectivity index (χ3n) is 1.36. The zero-order valence-electron chi connectivity index (χ0n) is 6.96. The molecule has 0 spiro atoms. The molecule has 11 heavy (non-hydrogen) atoms. The molecule has 0 aromatic heterocycles. The van der Waals surface area contributed by atoms with Crippen LogP contribution in [0.15, 0.2) is 0 Å². The molecule has 0 aliphatic rings. The fourth-order valence-electron chi connectivity index (χ4n) is 0.640. The molecular weight excluding hydrogens is 142 g/mol. The van der Waals surface area contributed by atoms with Gasteiger partial charge in [0.05, 0.1) is 12.5 Å². The highest BCUT2D eigenvalue weighted by Gasteiger charge is 2.09. The molecule has 0 heterocycles. The van der Waals surface area contributed by atoms with E-state index in [2.05, 4.69) is 0 Å². The molecule has 0 fully saturated rings. The van der Waals surface area contributed by atoms with Crippen LogP contribution in [-0.2, 0) is 9.53 Å². The lowest BCUT2D eigenvalue weighted by Gasteiger charge is -2.11. The van der Waals surface area contributed by atoms with Crippen molar-refractivity contribution in [3.8, 4) is 6.07 Å². The zero-order valence-corrected chi connectivity index (χ0v) is 6.96. The summed E-state index contributed by atoms with van der Waals surface area (Å²) in [5.41, 5.74) is 0. The van der Waals surface area contributed by atoms with Crippen LogP contribution in [-0.4, -0.2) is 12.1 Å². The van der Waals surface area contributed by atoms with Crippen LogP contribution in [0.1, 0.15) is 33.1 Å². The largest absolute Gasteiger partial charge is 0.461 e. The first-order valence-electron chi connectivity index (χ1n) is 3.81. The number of esters is 1. The van der Waals surface area contributed by atoms with Crippen LogP contribution in [0.4, 0.5) is 0 Å². The van der Waals surface area contributed by atoms with Gasteiger partial charge in [-0.2, -0.15) is 5.26 Å². The molecule has 1 atom stereocenters. The number of carbonyl (C=O) groups is 1. The van der Waals surface area contributed by atoms with Crippen molar-refractivity contribution in [1.29, 1.82) is 5.26 Å². The molecule has 0 bridgehead atoms. The topological polar surface area (TPSA) is 50.1 Å². The Morgan fingerprint density at radius 2 is 2.27 bits per heavy atom. The molecule has 3 heteroatoms. The minimum atomic E-state index is -0.230. The van der Waals surface area contributed by atoms with Gasteiger partial charge in [-0.3, -0.25) is 4.79 Å². The van der Waals surface area contributed by atoms with E-state index in [0.29, 0.717) is 19.3 Å². The Kier molecular flexibility index (Phi) is 5.18. The highest BCUT2D eigenvalue weighted by molar-refractivity contribution is 5.69. The number of ether oxygens (including phenoxy) is 1. The molecular formula is C8H13NO2. The van der Waals surface area contributed by atoms with Crippen molar-refractivity contribution >= 4 is 5.97 Å². The molecule has 0 aliphatic heterocycles. The lowest BCUT2D eigenvalue weighted by atomic mass is 10.2. The lowest BCUT2D eigenvalue weighted by Crippen LogP contribution is -2.15. The third-order valence-corrected chi connectivity index (χ3v) is 1.36. The number of rotatable bonds is 4. The number of nitriles is 1. The van der Waals surface area contributed by atoms with Gasteiger partial charge < -0.3 is 4.74 Å². The molecule has 0 aliphatic carbocycles. The van der Waals surface area contributed by atoms with Crippen molar-refractivity contribution in [2.24, 2.45) is 0 Å². The SMILES string of the molecule is CCC(=O)O[C@H](CC)CC#N. The summed E-state index contributed by atoms with van der Waals surface area (Å²) in [5.74, 6) is -0.230. The summed E-state index contributed by atoms with van der Waals surface area (Å²) in [6.45, 7) is 3.63. The predicted molar refractivity (Wildman–Crippen MR) is 40.7 cm³/mol. The molecule has 62 valence electrons. The van der Waals surface area contributed by atoms with Crippen LogP contribution in [0.5, 0.6) is 0 Å². The summed E-state index contributed by atoms with van der Waals surface area (Å²) in [5, 5.41) is 8.31. The average Bonchev–Trinajstić information content (AvgIpc) is 2.03. The number of hydrogen-bond acceptors (Lipinski definition) is 3. The van der Waals surface area contributed by atoms with Gasteiger partial charge >= 0.3 is 5.97 Å². The molecule has 0 N–H and O–H groups in total. The summed E-state index contributed by atoms with van der Waals surface area (Å²) < 4.78 is 4.93. The summed E-state index contributed by atoms with van der Waals surface area (Å²) in [7, 11) is 0. The van der Waals surface area contributed by atoms with Gasteiger partial charge in [0.1, 0.15) is 6.10 Å². The quantitative estimate of drug-likeness (QED) is 0.580. The second-order valence-electron chi connectivity index (χ2n) is 2.24. The van der Waals surface area contributed by atoms with Gasteiger partial charge in [0.15, 0.2) is 0 Å². The van der Waals surface area contributed by atoms with Crippen LogP contribution in [0, 0.1) is 11.3 Å². The second-order valence-corrected chi connectivity index (χ2v) is 2.24. The van der Waals surface area contributed by atoms with Crippen LogP contribution < -0.4 is 0 Å². The summed E-state index contributed by atoms with van der Waals surface area (Å²) >= 11 is 0. The summed E-state index contributed by atoms with van der Waals surface area (Å²) in [6, 6.07) is 1.97. The first-order valence-corrected chi connectivity index (χ1v) is 3.81. The Bertz CT molecular complexity index is 160. The molecule has 0 saturated heterocycles. The maximum absolute atomic E-state index is 10.7. The van der Waals surface area contributed by atoms with E-state index in [1.807, 2.05) is 13.0 Å². The third kappa shape index (κ3) is 4.38. The first-order chi connectivity index (χ1) is 5.24. The molecule has 0 amide bonds. The Morgan fingerprint density at radius 3 is 2.64 bits per heavy atom. The van der Waals surface area contributed by atoms with Gasteiger partial charge in [0.2, 0.25) is 0 Å². The Morgan fingerprint density at radius 1 is 1.64 bits per heavy atom. The van der Waals surface area contributed by atoms with Crippen molar-refractivity contribution < 1.29 is 9.53 Å². The molecule has 0 saturated carbocycles. The van der Waals surface area contributed by atoms with E-state index >= 15 is 0 Å². The van der Waals surface area contributed by atoms with Crippen molar-refractivity contribution in [3.63, 3.8) is 0 Å². The molecule has 0 rings (SSSR count). The summed E-state index contributed by atoms with van der Waals surface area (Å²) in [4.78, 5) is 10.7. The molecule has 0 aromatic rings. The van der Waals surface area contributed by atoms with Gasteiger partial charge in [-0.15, -0.1) is 0 Å². The lowest BCUT2D eigenvalue weighted by molar-refractivity contribution is -0.148. The van der Waals surface area contributed by atoms with E-state index in [0.717, 1.165) is 0 Å². The standard InChI is InChI=1S/C8H13NO2/c1-3-7(5-6-9)11-8(10)4-2/h7H,3-5H2,1-2H3/t7-/m1/s1. The summed E-state index contributed by atoms with van der Waals surface area (Å²) in [6.07, 6.45) is 1.16. The average molecular weight is 155 g/mol. The Hall–Kier alpha value is -1.04. The van der Waals surface area contributed by atoms with E-state index in [-0.39, 0.29) is 12.1 Å². The molecule has 0 unspecified atom stereocenters. The van der Waals surface area contributed by atoms with E-state index in [9.17, 15) is 4.79 Å². The highest BCUT2D eigenvalue weighted by Crippen LogP contribution is 2.03. The van der Waals surface area contributed by atoms with Gasteiger partial charge in [-0.25, -0.2) is 0 Å². The minimum absolute atomic E-state index is 0.215. The maximum atomic E-state index is 10.7. The highest BCUT2D eigenvalue weighted by atomic mass is 16.5. The zero-order chi connectivity index (χ0) is 8.69. The van der Waals surface area contributed by atoms with Crippen molar-refractivity contribution in [2.45, 2.75) is 39.2 Å². The maximum Gasteiger partial charge on any atom is 0.305 e. The smallest absolute Gasteiger partial charge is 0.305 e. The number of hydrogen-bond donors (Lipinski definition) is 0. The molecule has 3 nitrogen and oxygen atoms in total. The minimum Gasteiger partial charge on any atom is -0.461 e. The number of nitrogens with zero attached hydrogens (tertiary/aromatic N) is 1. The van der Waals surface area contributed by atoms with Gasteiger partial charge in [-0.05, 0) is 6.42 Å². The monoisotopic (exact) mass is 155 g/mol. The number of carbonyl (C=O) groups excluding carboxylic acids is 1. The van der Waals surface area contributed by atoms with Crippen molar-refractivity contribution in [2.75, 3.05) is 0 Å². The van der Waals surface area contributed by atoms with Crippen molar-refractivity contribution in [1.82, 2.24) is 0 Å². The Balaban J connectivity index is 3.70. The van der Waals surface area contributed by atoms with Gasteiger partial charge in [0, 0.05) is 6.42 Å². The first kappa shape index (κ1) is 9.96. The van der Waals surface area contributed by atoms with Gasteiger partial charge in [0.25, 0.3) is 0 Å². The fourth-order valence-corrected chi connectivity index (χ4v) is 0.640. The van der Waals surface area contributed by atoms with E-state index < -0.39 is 0 Å². The molecule has 0 radical (unpaired) electrons. The van der Waals surface area contributed by atoms with Crippen LogP contribution in [0.25, 0.3) is 0 Å². The molecule has 0 aromatic carbocycles. The van der Waals surface area contributed by atoms with Crippen LogP contribution >= 0.6 is 0 Å². The second kappa shape index (κ2) is 5.72. The fraction of sp³-hybridized carbons (Fsp3) is 0.750. The van der Waals surface area contributed by atoms with Crippen LogP contribution in [0.3, 0.4) is 0 Å². The Labute approximate surface area is 67.0 Å². The van der Waals surface area contributed by atoms with E-state index in [1.165, 1.54) is 0 Å². The van der Waals surface area contributed by atoms with Crippen LogP contribution in [0.2, 0.25) is 0 Å². The van der Waals surface area contributed by atoms with Crippen molar-refractivity contribution in [3.05, 3.63) is 0 Å². The van der Waals surface area contributed by atoms with E-state index in [4.69, 9.17) is 10.00 Å². The van der Waals surface area contributed by atoms with Gasteiger partial charge in [-0.1, -0.05) is 13.8 Å².